The SMILES string of the molecule is NCCCNc1ccc(SCc2ccccc2)cc1. The van der Waals surface area contributed by atoms with Crippen molar-refractivity contribution in [3.05, 3.63) is 60.2 Å². The molecular weight excluding hydrogens is 252 g/mol. The minimum Gasteiger partial charge on any atom is -0.385 e. The zero-order chi connectivity index (χ0) is 13.3. The fourth-order valence-corrected chi connectivity index (χ4v) is 2.60. The first-order valence-electron chi connectivity index (χ1n) is 6.59. The third-order valence-corrected chi connectivity index (χ3v) is 3.90. The molecule has 2 rings (SSSR count). The number of hydrogen-bond acceptors (Lipinski definition) is 3. The van der Waals surface area contributed by atoms with E-state index in [4.69, 9.17) is 5.73 Å². The summed E-state index contributed by atoms with van der Waals surface area (Å²) in [5.41, 5.74) is 7.99. The predicted octanol–water partition coefficient (Wildman–Crippen LogP) is 3.74. The minimum atomic E-state index is 0.734. The molecule has 0 aliphatic carbocycles. The Morgan fingerprint density at radius 1 is 0.947 bits per heavy atom. The number of rotatable bonds is 7. The van der Waals surface area contributed by atoms with Gasteiger partial charge in [-0.15, -0.1) is 11.8 Å². The average molecular weight is 272 g/mol. The van der Waals surface area contributed by atoms with E-state index in [1.165, 1.54) is 10.5 Å². The first kappa shape index (κ1) is 14.0. The lowest BCUT2D eigenvalue weighted by Gasteiger charge is -2.07. The maximum Gasteiger partial charge on any atom is 0.0340 e. The number of nitrogens with two attached hydrogens (primary N) is 1. The van der Waals surface area contributed by atoms with Crippen molar-refractivity contribution in [3.63, 3.8) is 0 Å². The molecule has 0 aromatic heterocycles. The van der Waals surface area contributed by atoms with Crippen LogP contribution in [0.15, 0.2) is 59.5 Å². The van der Waals surface area contributed by atoms with Gasteiger partial charge in [-0.1, -0.05) is 30.3 Å². The second-order valence-electron chi connectivity index (χ2n) is 4.37. The normalized spacial score (nSPS) is 10.4. The molecule has 0 amide bonds. The van der Waals surface area contributed by atoms with Gasteiger partial charge >= 0.3 is 0 Å². The van der Waals surface area contributed by atoms with Gasteiger partial charge in [0.1, 0.15) is 0 Å². The number of anilines is 1. The highest BCUT2D eigenvalue weighted by atomic mass is 32.2. The second-order valence-corrected chi connectivity index (χ2v) is 5.42. The summed E-state index contributed by atoms with van der Waals surface area (Å²) in [6.07, 6.45) is 1.00. The first-order chi connectivity index (χ1) is 9.38. The quantitative estimate of drug-likeness (QED) is 0.595. The van der Waals surface area contributed by atoms with E-state index in [2.05, 4.69) is 59.9 Å². The summed E-state index contributed by atoms with van der Waals surface area (Å²) in [5, 5.41) is 3.36. The molecule has 100 valence electrons. The number of thioether (sulfide) groups is 1. The molecule has 0 spiro atoms. The maximum absolute atomic E-state index is 5.47. The molecule has 3 heteroatoms. The maximum atomic E-state index is 5.47. The highest BCUT2D eigenvalue weighted by molar-refractivity contribution is 7.98. The molecule has 0 atom stereocenters. The van der Waals surface area contributed by atoms with E-state index in [-0.39, 0.29) is 0 Å². The van der Waals surface area contributed by atoms with Gasteiger partial charge in [-0.05, 0) is 42.8 Å². The van der Waals surface area contributed by atoms with Gasteiger partial charge in [0, 0.05) is 22.9 Å². The van der Waals surface area contributed by atoms with Crippen LogP contribution in [0.5, 0.6) is 0 Å². The van der Waals surface area contributed by atoms with Gasteiger partial charge in [0.05, 0.1) is 0 Å². The molecule has 0 unspecified atom stereocenters. The third kappa shape index (κ3) is 4.97. The number of benzene rings is 2. The molecule has 0 bridgehead atoms. The first-order valence-corrected chi connectivity index (χ1v) is 7.58. The zero-order valence-electron chi connectivity index (χ0n) is 11.0. The van der Waals surface area contributed by atoms with E-state index in [1.54, 1.807) is 0 Å². The molecular formula is C16H20N2S. The smallest absolute Gasteiger partial charge is 0.0340 e. The molecule has 0 saturated carbocycles. The third-order valence-electron chi connectivity index (χ3n) is 2.81. The molecule has 2 aromatic rings. The van der Waals surface area contributed by atoms with Crippen molar-refractivity contribution in [2.75, 3.05) is 18.4 Å². The fraction of sp³-hybridized carbons (Fsp3) is 0.250. The van der Waals surface area contributed by atoms with Gasteiger partial charge in [-0.2, -0.15) is 0 Å². The van der Waals surface area contributed by atoms with E-state index >= 15 is 0 Å². The van der Waals surface area contributed by atoms with Crippen molar-refractivity contribution in [1.29, 1.82) is 0 Å². The molecule has 0 heterocycles. The summed E-state index contributed by atoms with van der Waals surface area (Å²) in [5.74, 6) is 1.01. The van der Waals surface area contributed by atoms with Crippen molar-refractivity contribution < 1.29 is 0 Å². The van der Waals surface area contributed by atoms with E-state index < -0.39 is 0 Å². The van der Waals surface area contributed by atoms with Crippen LogP contribution in [-0.4, -0.2) is 13.1 Å². The lowest BCUT2D eigenvalue weighted by molar-refractivity contribution is 0.874. The van der Waals surface area contributed by atoms with Crippen LogP contribution in [0.2, 0.25) is 0 Å². The Balaban J connectivity index is 1.81. The predicted molar refractivity (Wildman–Crippen MR) is 84.6 cm³/mol. The Kier molecular flexibility index (Phi) is 5.79. The summed E-state index contributed by atoms with van der Waals surface area (Å²) >= 11 is 1.86. The average Bonchev–Trinajstić information content (AvgIpc) is 2.48. The molecule has 3 N–H and O–H groups in total. The molecule has 0 aliphatic heterocycles. The van der Waals surface area contributed by atoms with Crippen LogP contribution in [-0.2, 0) is 5.75 Å². The van der Waals surface area contributed by atoms with Gasteiger partial charge in [-0.3, -0.25) is 0 Å². The summed E-state index contributed by atoms with van der Waals surface area (Å²) in [6, 6.07) is 19.1. The summed E-state index contributed by atoms with van der Waals surface area (Å²) in [6.45, 7) is 1.67. The lowest BCUT2D eigenvalue weighted by atomic mass is 10.2. The standard InChI is InChI=1S/C16H20N2S/c17-11-4-12-18-15-7-9-16(10-8-15)19-13-14-5-2-1-3-6-14/h1-3,5-10,18H,4,11-13,17H2. The van der Waals surface area contributed by atoms with Crippen LogP contribution in [0.4, 0.5) is 5.69 Å². The molecule has 2 aromatic carbocycles. The summed E-state index contributed by atoms with van der Waals surface area (Å²) < 4.78 is 0. The van der Waals surface area contributed by atoms with Crippen LogP contribution in [0.1, 0.15) is 12.0 Å². The van der Waals surface area contributed by atoms with E-state index in [9.17, 15) is 0 Å². The Hall–Kier alpha value is -1.45. The van der Waals surface area contributed by atoms with Crippen LogP contribution in [0.25, 0.3) is 0 Å². The van der Waals surface area contributed by atoms with Crippen LogP contribution in [0.3, 0.4) is 0 Å². The second kappa shape index (κ2) is 7.87. The van der Waals surface area contributed by atoms with Gasteiger partial charge < -0.3 is 11.1 Å². The Morgan fingerprint density at radius 2 is 1.68 bits per heavy atom. The Bertz CT molecular complexity index is 468. The number of hydrogen-bond donors (Lipinski definition) is 2. The van der Waals surface area contributed by atoms with Crippen LogP contribution < -0.4 is 11.1 Å². The molecule has 0 fully saturated rings. The highest BCUT2D eigenvalue weighted by Crippen LogP contribution is 2.24. The van der Waals surface area contributed by atoms with Crippen molar-refractivity contribution in [2.45, 2.75) is 17.1 Å². The summed E-state index contributed by atoms with van der Waals surface area (Å²) in [7, 11) is 0. The monoisotopic (exact) mass is 272 g/mol. The molecule has 0 radical (unpaired) electrons. The van der Waals surface area contributed by atoms with Gasteiger partial charge in [-0.25, -0.2) is 0 Å². The zero-order valence-corrected chi connectivity index (χ0v) is 11.8. The van der Waals surface area contributed by atoms with Gasteiger partial charge in [0.25, 0.3) is 0 Å². The summed E-state index contributed by atoms with van der Waals surface area (Å²) in [4.78, 5) is 1.30. The minimum absolute atomic E-state index is 0.734. The van der Waals surface area contributed by atoms with E-state index in [0.717, 1.165) is 31.0 Å². The Morgan fingerprint density at radius 3 is 2.37 bits per heavy atom. The lowest BCUT2D eigenvalue weighted by Crippen LogP contribution is -2.08. The largest absolute Gasteiger partial charge is 0.385 e. The van der Waals surface area contributed by atoms with Crippen LogP contribution >= 0.6 is 11.8 Å². The van der Waals surface area contributed by atoms with Gasteiger partial charge in [0.15, 0.2) is 0 Å². The molecule has 2 nitrogen and oxygen atoms in total. The highest BCUT2D eigenvalue weighted by Gasteiger charge is 1.97. The number of nitrogens with one attached hydrogen (secondary N) is 1. The van der Waals surface area contributed by atoms with Crippen LogP contribution in [0, 0.1) is 0 Å². The van der Waals surface area contributed by atoms with E-state index in [1.807, 2.05) is 11.8 Å². The van der Waals surface area contributed by atoms with Crippen molar-refractivity contribution >= 4 is 17.4 Å². The van der Waals surface area contributed by atoms with Crippen molar-refractivity contribution in [2.24, 2.45) is 5.73 Å². The molecule has 0 aliphatic rings. The van der Waals surface area contributed by atoms with Crippen molar-refractivity contribution in [1.82, 2.24) is 0 Å². The van der Waals surface area contributed by atoms with Crippen molar-refractivity contribution in [3.8, 4) is 0 Å². The van der Waals surface area contributed by atoms with E-state index in [0.29, 0.717) is 0 Å². The molecule has 0 saturated heterocycles. The Labute approximate surface area is 119 Å². The fourth-order valence-electron chi connectivity index (χ4n) is 1.74. The van der Waals surface area contributed by atoms with Gasteiger partial charge in [0.2, 0.25) is 0 Å². The topological polar surface area (TPSA) is 38.0 Å². The molecule has 19 heavy (non-hydrogen) atoms.